The topological polar surface area (TPSA) is 76.4 Å². The molecule has 0 aliphatic heterocycles. The number of nitrogens with one attached hydrogen (secondary N) is 1. The zero-order valence-electron chi connectivity index (χ0n) is 17.7. The highest BCUT2D eigenvalue weighted by Gasteiger charge is 2.26. The number of fused-ring (bicyclic) bond motifs is 1. The molecule has 1 atom stereocenters. The number of hydrogen-bond acceptors (Lipinski definition) is 4. The second kappa shape index (κ2) is 8.72. The maximum absolute atomic E-state index is 14.5. The van der Waals surface area contributed by atoms with Crippen molar-refractivity contribution in [2.75, 3.05) is 0 Å². The number of benzene rings is 1. The van der Waals surface area contributed by atoms with Gasteiger partial charge in [0.1, 0.15) is 17.4 Å². The van der Waals surface area contributed by atoms with Crippen LogP contribution in [0.1, 0.15) is 83.9 Å². The molecule has 3 aromatic rings. The molecule has 1 amide bonds. The van der Waals surface area contributed by atoms with E-state index < -0.39 is 29.8 Å². The van der Waals surface area contributed by atoms with Gasteiger partial charge in [0.25, 0.3) is 12.3 Å². The maximum atomic E-state index is 14.5. The lowest BCUT2D eigenvalue weighted by Gasteiger charge is -2.22. The Morgan fingerprint density at radius 3 is 2.59 bits per heavy atom. The van der Waals surface area contributed by atoms with Crippen molar-refractivity contribution in [3.05, 3.63) is 64.4 Å². The minimum absolute atomic E-state index is 0.0140. The second-order valence-corrected chi connectivity index (χ2v) is 8.17. The molecule has 9 heteroatoms. The molecule has 0 unspecified atom stereocenters. The molecule has 0 bridgehead atoms. The number of alkyl halides is 2. The van der Waals surface area contributed by atoms with Gasteiger partial charge in [0, 0.05) is 30.2 Å². The molecule has 4 rings (SSSR count). The number of carbonyl (C=O) groups excluding carboxylic acids is 2. The summed E-state index contributed by atoms with van der Waals surface area (Å²) < 4.78 is 42.1. The summed E-state index contributed by atoms with van der Waals surface area (Å²) in [5, 5.41) is 7.01. The molecule has 1 aromatic carbocycles. The fraction of sp³-hybridized carbons (Fsp3) is 0.391. The van der Waals surface area contributed by atoms with Crippen molar-refractivity contribution < 1.29 is 22.8 Å². The summed E-state index contributed by atoms with van der Waals surface area (Å²) in [7, 11) is 0. The maximum Gasteiger partial charge on any atom is 0.266 e. The number of aryl methyl sites for hydroxylation is 1. The van der Waals surface area contributed by atoms with Gasteiger partial charge in [0.05, 0.1) is 17.2 Å². The van der Waals surface area contributed by atoms with Crippen LogP contribution in [-0.2, 0) is 4.79 Å². The van der Waals surface area contributed by atoms with Gasteiger partial charge in [-0.3, -0.25) is 9.59 Å². The molecular formula is C23H23F3N4O2. The van der Waals surface area contributed by atoms with Crippen molar-refractivity contribution >= 4 is 17.3 Å². The van der Waals surface area contributed by atoms with Gasteiger partial charge in [0.15, 0.2) is 5.65 Å². The summed E-state index contributed by atoms with van der Waals surface area (Å²) >= 11 is 0. The standard InChI is InChI=1S/C23H23F3N4O2/c1-12(17-4-3-5-18(20(17)24)21(25)26)27-23(32)15-10-19(14-6-8-16(31)9-7-14)22-28-13(2)29-30(22)11-15/h3-5,10-12,14,21H,6-9H2,1-2H3,(H,27,32)/t12-/m1/s1. The van der Waals surface area contributed by atoms with Crippen LogP contribution in [0, 0.1) is 12.7 Å². The van der Waals surface area contributed by atoms with Crippen molar-refractivity contribution in [3.8, 4) is 0 Å². The lowest BCUT2D eigenvalue weighted by atomic mass is 9.83. The average Bonchev–Trinajstić information content (AvgIpc) is 3.13. The summed E-state index contributed by atoms with van der Waals surface area (Å²) in [5.74, 6) is -0.655. The first-order chi connectivity index (χ1) is 15.2. The molecule has 0 radical (unpaired) electrons. The van der Waals surface area contributed by atoms with Gasteiger partial charge in [0.2, 0.25) is 0 Å². The van der Waals surface area contributed by atoms with Gasteiger partial charge in [-0.25, -0.2) is 22.7 Å². The van der Waals surface area contributed by atoms with Crippen LogP contribution in [0.4, 0.5) is 13.2 Å². The predicted octanol–water partition coefficient (Wildman–Crippen LogP) is 4.83. The van der Waals surface area contributed by atoms with Gasteiger partial charge in [-0.05, 0) is 38.7 Å². The minimum Gasteiger partial charge on any atom is -0.345 e. The van der Waals surface area contributed by atoms with Crippen molar-refractivity contribution in [3.63, 3.8) is 0 Å². The fourth-order valence-corrected chi connectivity index (χ4v) is 4.22. The Labute approximate surface area is 182 Å². The summed E-state index contributed by atoms with van der Waals surface area (Å²) in [6.45, 7) is 3.29. The quantitative estimate of drug-likeness (QED) is 0.612. The van der Waals surface area contributed by atoms with E-state index in [9.17, 15) is 22.8 Å². The molecule has 32 heavy (non-hydrogen) atoms. The Balaban J connectivity index is 1.64. The van der Waals surface area contributed by atoms with Crippen LogP contribution in [0.2, 0.25) is 0 Å². The number of Topliss-reactive ketones (excluding diaryl/α,β-unsaturated/α-hetero) is 1. The highest BCUT2D eigenvalue weighted by Crippen LogP contribution is 2.34. The number of aromatic nitrogens is 3. The smallest absolute Gasteiger partial charge is 0.266 e. The molecule has 0 spiro atoms. The van der Waals surface area contributed by atoms with Crippen molar-refractivity contribution in [1.29, 1.82) is 0 Å². The number of nitrogens with zero attached hydrogens (tertiary/aromatic N) is 3. The van der Waals surface area contributed by atoms with Gasteiger partial charge >= 0.3 is 0 Å². The molecular weight excluding hydrogens is 421 g/mol. The normalized spacial score (nSPS) is 16.0. The summed E-state index contributed by atoms with van der Waals surface area (Å²) in [4.78, 5) is 29.1. The van der Waals surface area contributed by atoms with E-state index in [0.717, 1.165) is 11.6 Å². The number of halogens is 3. The van der Waals surface area contributed by atoms with E-state index in [-0.39, 0.29) is 17.3 Å². The summed E-state index contributed by atoms with van der Waals surface area (Å²) in [5.41, 5.74) is 1.06. The molecule has 1 aliphatic rings. The van der Waals surface area contributed by atoms with E-state index >= 15 is 0 Å². The van der Waals surface area contributed by atoms with Gasteiger partial charge < -0.3 is 5.32 Å². The summed E-state index contributed by atoms with van der Waals surface area (Å²) in [6, 6.07) is 4.65. The molecule has 2 aromatic heterocycles. The number of pyridine rings is 1. The fourth-order valence-electron chi connectivity index (χ4n) is 4.22. The second-order valence-electron chi connectivity index (χ2n) is 8.17. The first kappa shape index (κ1) is 22.0. The third-order valence-electron chi connectivity index (χ3n) is 5.92. The van der Waals surface area contributed by atoms with Gasteiger partial charge in [-0.15, -0.1) is 0 Å². The van der Waals surface area contributed by atoms with Crippen molar-refractivity contribution in [2.45, 2.75) is 57.9 Å². The van der Waals surface area contributed by atoms with Crippen LogP contribution < -0.4 is 5.32 Å². The van der Waals surface area contributed by atoms with E-state index in [4.69, 9.17) is 0 Å². The van der Waals surface area contributed by atoms with E-state index in [1.54, 1.807) is 23.7 Å². The van der Waals surface area contributed by atoms with Crippen LogP contribution in [0.3, 0.4) is 0 Å². The lowest BCUT2D eigenvalue weighted by Crippen LogP contribution is -2.28. The zero-order chi connectivity index (χ0) is 23.0. The number of carbonyl (C=O) groups is 2. The highest BCUT2D eigenvalue weighted by molar-refractivity contribution is 5.95. The Morgan fingerprint density at radius 1 is 1.22 bits per heavy atom. The molecule has 1 N–H and O–H groups in total. The van der Waals surface area contributed by atoms with Crippen LogP contribution in [0.25, 0.3) is 5.65 Å². The lowest BCUT2D eigenvalue weighted by molar-refractivity contribution is -0.120. The Morgan fingerprint density at radius 2 is 1.91 bits per heavy atom. The SMILES string of the molecule is Cc1nc2c(C3CCC(=O)CC3)cc(C(=O)N[C@H](C)c3cccc(C(F)F)c3F)cn2n1. The Bertz CT molecular complexity index is 1180. The van der Waals surface area contributed by atoms with Crippen LogP contribution >= 0.6 is 0 Å². The van der Waals surface area contributed by atoms with Gasteiger partial charge in [-0.2, -0.15) is 5.10 Å². The Kier molecular flexibility index (Phi) is 5.99. The molecule has 2 heterocycles. The average molecular weight is 444 g/mol. The number of ketones is 1. The number of hydrogen-bond donors (Lipinski definition) is 1. The van der Waals surface area contributed by atoms with Crippen LogP contribution in [0.5, 0.6) is 0 Å². The summed E-state index contributed by atoms with van der Waals surface area (Å²) in [6.07, 6.45) is 0.914. The van der Waals surface area contributed by atoms with E-state index in [1.165, 1.54) is 19.1 Å². The third-order valence-corrected chi connectivity index (χ3v) is 5.92. The zero-order valence-corrected chi connectivity index (χ0v) is 17.7. The first-order valence-electron chi connectivity index (χ1n) is 10.5. The van der Waals surface area contributed by atoms with Crippen molar-refractivity contribution in [2.24, 2.45) is 0 Å². The highest BCUT2D eigenvalue weighted by atomic mass is 19.3. The first-order valence-corrected chi connectivity index (χ1v) is 10.5. The van der Waals surface area contributed by atoms with Crippen LogP contribution in [0.15, 0.2) is 30.5 Å². The molecule has 6 nitrogen and oxygen atoms in total. The van der Waals surface area contributed by atoms with Gasteiger partial charge in [-0.1, -0.05) is 18.2 Å². The molecule has 1 aliphatic carbocycles. The third kappa shape index (κ3) is 4.24. The van der Waals surface area contributed by atoms with Crippen LogP contribution in [-0.4, -0.2) is 26.3 Å². The van der Waals surface area contributed by atoms with E-state index in [0.29, 0.717) is 42.7 Å². The largest absolute Gasteiger partial charge is 0.345 e. The molecule has 0 saturated heterocycles. The Hall–Kier alpha value is -3.23. The predicted molar refractivity (Wildman–Crippen MR) is 111 cm³/mol. The molecule has 168 valence electrons. The molecule has 1 saturated carbocycles. The van der Waals surface area contributed by atoms with Crippen molar-refractivity contribution in [1.82, 2.24) is 19.9 Å². The number of amides is 1. The number of rotatable bonds is 5. The van der Waals surface area contributed by atoms with E-state index in [1.807, 2.05) is 0 Å². The minimum atomic E-state index is -2.94. The van der Waals surface area contributed by atoms with E-state index in [2.05, 4.69) is 15.4 Å². The molecule has 1 fully saturated rings. The monoisotopic (exact) mass is 444 g/mol.